The lowest BCUT2D eigenvalue weighted by Crippen LogP contribution is -2.46. The third-order valence-corrected chi connectivity index (χ3v) is 4.24. The maximum Gasteiger partial charge on any atom is 0.0751 e. The number of para-hydroxylation sites is 1. The first-order valence-corrected chi connectivity index (χ1v) is 7.54. The summed E-state index contributed by atoms with van der Waals surface area (Å²) < 4.78 is 0. The summed E-state index contributed by atoms with van der Waals surface area (Å²) in [5.41, 5.74) is 3.66. The van der Waals surface area contributed by atoms with Crippen molar-refractivity contribution in [3.63, 3.8) is 0 Å². The van der Waals surface area contributed by atoms with Gasteiger partial charge in [-0.3, -0.25) is 9.88 Å². The van der Waals surface area contributed by atoms with Crippen LogP contribution in [0, 0.1) is 19.3 Å². The maximum absolute atomic E-state index is 5.35. The van der Waals surface area contributed by atoms with E-state index in [9.17, 15) is 0 Å². The van der Waals surface area contributed by atoms with Gasteiger partial charge in [-0.2, -0.15) is 0 Å². The minimum atomic E-state index is 0.845. The zero-order valence-electron chi connectivity index (χ0n) is 12.5. The lowest BCUT2D eigenvalue weighted by molar-refractivity contribution is 0.264. The molecule has 0 bridgehead atoms. The maximum atomic E-state index is 5.35. The number of fused-ring (bicyclic) bond motifs is 1. The normalized spacial score (nSPS) is 16.1. The molecule has 2 heterocycles. The molecule has 0 saturated carbocycles. The van der Waals surface area contributed by atoms with Gasteiger partial charge >= 0.3 is 0 Å². The highest BCUT2D eigenvalue weighted by molar-refractivity contribution is 5.93. The van der Waals surface area contributed by atoms with E-state index in [1.165, 1.54) is 16.6 Å². The number of benzene rings is 1. The number of rotatable bonds is 3. The Bertz CT molecular complexity index is 664. The average molecular weight is 279 g/mol. The predicted octanol–water partition coefficient (Wildman–Crippen LogP) is 2.69. The molecule has 1 aromatic carbocycles. The van der Waals surface area contributed by atoms with E-state index in [4.69, 9.17) is 6.42 Å². The van der Waals surface area contributed by atoms with Crippen LogP contribution in [0.4, 0.5) is 5.69 Å². The van der Waals surface area contributed by atoms with E-state index in [0.29, 0.717) is 0 Å². The van der Waals surface area contributed by atoms with Crippen molar-refractivity contribution in [3.8, 4) is 12.3 Å². The van der Waals surface area contributed by atoms with Crippen molar-refractivity contribution in [1.29, 1.82) is 0 Å². The molecular weight excluding hydrogens is 258 g/mol. The molecule has 108 valence electrons. The molecule has 0 radical (unpaired) electrons. The Balaban J connectivity index is 1.80. The van der Waals surface area contributed by atoms with Gasteiger partial charge in [-0.15, -0.1) is 12.3 Å². The molecule has 1 saturated heterocycles. The first-order valence-electron chi connectivity index (χ1n) is 7.54. The molecule has 2 aromatic rings. The topological polar surface area (TPSA) is 19.4 Å². The van der Waals surface area contributed by atoms with Crippen LogP contribution in [0.5, 0.6) is 0 Å². The van der Waals surface area contributed by atoms with Crippen LogP contribution in [-0.2, 0) is 0 Å². The summed E-state index contributed by atoms with van der Waals surface area (Å²) in [7, 11) is 0. The third kappa shape index (κ3) is 2.86. The van der Waals surface area contributed by atoms with E-state index in [2.05, 4.69) is 51.9 Å². The molecule has 3 rings (SSSR count). The Morgan fingerprint density at radius 2 is 2.00 bits per heavy atom. The fraction of sp³-hybridized carbons (Fsp3) is 0.389. The Morgan fingerprint density at radius 1 is 1.19 bits per heavy atom. The first-order chi connectivity index (χ1) is 10.3. The van der Waals surface area contributed by atoms with Gasteiger partial charge in [0.2, 0.25) is 0 Å². The van der Waals surface area contributed by atoms with Crippen LogP contribution in [0.15, 0.2) is 30.5 Å². The molecule has 21 heavy (non-hydrogen) atoms. The van der Waals surface area contributed by atoms with Gasteiger partial charge in [0.15, 0.2) is 0 Å². The number of nitrogens with zero attached hydrogens (tertiary/aromatic N) is 3. The largest absolute Gasteiger partial charge is 0.368 e. The molecule has 0 atom stereocenters. The standard InChI is InChI=1S/C18H21N3/c1-3-4-10-20-11-13-21(14-12-20)17-8-9-19-18-15(2)6-5-7-16(17)18/h1,5-9H,4,10-14H2,2H3. The predicted molar refractivity (Wildman–Crippen MR) is 88.6 cm³/mol. The fourth-order valence-electron chi connectivity index (χ4n) is 3.02. The van der Waals surface area contributed by atoms with Crippen LogP contribution in [0.2, 0.25) is 0 Å². The number of hydrogen-bond donors (Lipinski definition) is 0. The lowest BCUT2D eigenvalue weighted by Gasteiger charge is -2.36. The Labute approximate surface area is 126 Å². The molecule has 1 aliphatic rings. The van der Waals surface area contributed by atoms with Crippen LogP contribution < -0.4 is 4.90 Å². The molecule has 0 amide bonds. The van der Waals surface area contributed by atoms with Crippen molar-refractivity contribution < 1.29 is 0 Å². The summed E-state index contributed by atoms with van der Waals surface area (Å²) in [6, 6.07) is 8.55. The van der Waals surface area contributed by atoms with E-state index in [-0.39, 0.29) is 0 Å². The second-order valence-corrected chi connectivity index (χ2v) is 5.58. The lowest BCUT2D eigenvalue weighted by atomic mass is 10.1. The summed E-state index contributed by atoms with van der Waals surface area (Å²) >= 11 is 0. The van der Waals surface area contributed by atoms with E-state index in [1.807, 2.05) is 6.20 Å². The van der Waals surface area contributed by atoms with Gasteiger partial charge in [-0.25, -0.2) is 0 Å². The molecule has 0 N–H and O–H groups in total. The van der Waals surface area contributed by atoms with Crippen molar-refractivity contribution in [2.24, 2.45) is 0 Å². The van der Waals surface area contributed by atoms with Gasteiger partial charge in [0.05, 0.1) is 5.52 Å². The van der Waals surface area contributed by atoms with Crippen LogP contribution in [-0.4, -0.2) is 42.6 Å². The number of anilines is 1. The highest BCUT2D eigenvalue weighted by Gasteiger charge is 2.18. The summed E-state index contributed by atoms with van der Waals surface area (Å²) in [6.45, 7) is 7.40. The van der Waals surface area contributed by atoms with E-state index >= 15 is 0 Å². The number of pyridine rings is 1. The Morgan fingerprint density at radius 3 is 2.76 bits per heavy atom. The van der Waals surface area contributed by atoms with Crippen LogP contribution in [0.1, 0.15) is 12.0 Å². The van der Waals surface area contributed by atoms with Crippen LogP contribution >= 0.6 is 0 Å². The minimum Gasteiger partial charge on any atom is -0.368 e. The molecule has 0 aliphatic carbocycles. The molecule has 0 spiro atoms. The van der Waals surface area contributed by atoms with Crippen molar-refractivity contribution in [3.05, 3.63) is 36.0 Å². The average Bonchev–Trinajstić information content (AvgIpc) is 2.53. The van der Waals surface area contributed by atoms with Gasteiger partial charge in [0, 0.05) is 56.4 Å². The summed E-state index contributed by atoms with van der Waals surface area (Å²) in [5.74, 6) is 2.72. The second kappa shape index (κ2) is 6.15. The van der Waals surface area contributed by atoms with Gasteiger partial charge in [0.25, 0.3) is 0 Å². The highest BCUT2D eigenvalue weighted by atomic mass is 15.3. The Kier molecular flexibility index (Phi) is 4.08. The van der Waals surface area contributed by atoms with E-state index < -0.39 is 0 Å². The zero-order valence-corrected chi connectivity index (χ0v) is 12.5. The van der Waals surface area contributed by atoms with E-state index in [1.54, 1.807) is 0 Å². The summed E-state index contributed by atoms with van der Waals surface area (Å²) in [5, 5.41) is 1.26. The zero-order chi connectivity index (χ0) is 14.7. The molecule has 3 heteroatoms. The van der Waals surface area contributed by atoms with Crippen molar-refractivity contribution in [2.75, 3.05) is 37.6 Å². The van der Waals surface area contributed by atoms with Crippen molar-refractivity contribution >= 4 is 16.6 Å². The number of hydrogen-bond acceptors (Lipinski definition) is 3. The van der Waals surface area contributed by atoms with Crippen LogP contribution in [0.3, 0.4) is 0 Å². The number of terminal acetylenes is 1. The SMILES string of the molecule is C#CCCN1CCN(c2ccnc3c(C)cccc23)CC1. The van der Waals surface area contributed by atoms with Gasteiger partial charge in [-0.05, 0) is 18.6 Å². The third-order valence-electron chi connectivity index (χ3n) is 4.24. The molecule has 3 nitrogen and oxygen atoms in total. The molecular formula is C18H21N3. The fourth-order valence-corrected chi connectivity index (χ4v) is 3.02. The number of piperazine rings is 1. The molecule has 1 fully saturated rings. The Hall–Kier alpha value is -2.05. The van der Waals surface area contributed by atoms with Crippen LogP contribution in [0.25, 0.3) is 10.9 Å². The monoisotopic (exact) mass is 279 g/mol. The smallest absolute Gasteiger partial charge is 0.0751 e. The number of aromatic nitrogens is 1. The number of aryl methyl sites for hydroxylation is 1. The van der Waals surface area contributed by atoms with Gasteiger partial charge in [-0.1, -0.05) is 18.2 Å². The molecule has 1 aromatic heterocycles. The minimum absolute atomic E-state index is 0.845. The summed E-state index contributed by atoms with van der Waals surface area (Å²) in [6.07, 6.45) is 8.12. The van der Waals surface area contributed by atoms with Crippen molar-refractivity contribution in [1.82, 2.24) is 9.88 Å². The summed E-state index contributed by atoms with van der Waals surface area (Å²) in [4.78, 5) is 9.45. The van der Waals surface area contributed by atoms with Crippen molar-refractivity contribution in [2.45, 2.75) is 13.3 Å². The van der Waals surface area contributed by atoms with E-state index in [0.717, 1.165) is 44.7 Å². The van der Waals surface area contributed by atoms with Gasteiger partial charge in [0.1, 0.15) is 0 Å². The first kappa shape index (κ1) is 13.9. The van der Waals surface area contributed by atoms with Gasteiger partial charge < -0.3 is 4.90 Å². The quantitative estimate of drug-likeness (QED) is 0.805. The highest BCUT2D eigenvalue weighted by Crippen LogP contribution is 2.27. The molecule has 1 aliphatic heterocycles. The second-order valence-electron chi connectivity index (χ2n) is 5.58. The molecule has 0 unspecified atom stereocenters.